The van der Waals surface area contributed by atoms with Crippen LogP contribution in [0, 0.1) is 0 Å². The molecule has 0 saturated carbocycles. The monoisotopic (exact) mass is 301 g/mol. The van der Waals surface area contributed by atoms with Gasteiger partial charge in [0.1, 0.15) is 0 Å². The van der Waals surface area contributed by atoms with E-state index >= 15 is 0 Å². The van der Waals surface area contributed by atoms with E-state index in [4.69, 9.17) is 15.2 Å². The van der Waals surface area contributed by atoms with Gasteiger partial charge < -0.3 is 15.2 Å². The Morgan fingerprint density at radius 3 is 2.71 bits per heavy atom. The van der Waals surface area contributed by atoms with Crippen LogP contribution in [-0.4, -0.2) is 33.0 Å². The molecule has 0 radical (unpaired) electrons. The lowest BCUT2D eigenvalue weighted by molar-refractivity contribution is 0.0672. The average Bonchev–Trinajstić information content (AvgIpc) is 2.32. The van der Waals surface area contributed by atoms with Crippen molar-refractivity contribution >= 4 is 15.9 Å². The number of benzene rings is 1. The van der Waals surface area contributed by atoms with Gasteiger partial charge in [-0.15, -0.1) is 0 Å². The molecule has 0 amide bonds. The third kappa shape index (κ3) is 6.17. The average molecular weight is 302 g/mol. The first-order chi connectivity index (χ1) is 8.24. The maximum atomic E-state index is 6.06. The van der Waals surface area contributed by atoms with Crippen LogP contribution in [-0.2, 0) is 15.9 Å². The van der Waals surface area contributed by atoms with Crippen molar-refractivity contribution in [1.82, 2.24) is 0 Å². The molecular formula is C13H20BrNO2. The highest BCUT2D eigenvalue weighted by atomic mass is 79.9. The predicted molar refractivity (Wildman–Crippen MR) is 73.1 cm³/mol. The minimum absolute atomic E-state index is 0.135. The molecule has 0 aliphatic rings. The van der Waals surface area contributed by atoms with Crippen molar-refractivity contribution < 1.29 is 9.47 Å². The molecular weight excluding hydrogens is 282 g/mol. The van der Waals surface area contributed by atoms with E-state index in [9.17, 15) is 0 Å². The molecule has 1 aromatic carbocycles. The van der Waals surface area contributed by atoms with Gasteiger partial charge in [-0.05, 0) is 24.5 Å². The van der Waals surface area contributed by atoms with Crippen LogP contribution >= 0.6 is 15.9 Å². The van der Waals surface area contributed by atoms with Crippen LogP contribution in [0.15, 0.2) is 28.7 Å². The fraction of sp³-hybridized carbons (Fsp3) is 0.538. The number of hydrogen-bond acceptors (Lipinski definition) is 3. The molecule has 96 valence electrons. The van der Waals surface area contributed by atoms with E-state index in [1.165, 1.54) is 5.56 Å². The van der Waals surface area contributed by atoms with E-state index in [1.54, 1.807) is 7.11 Å². The smallest absolute Gasteiger partial charge is 0.0700 e. The number of halogens is 1. The second-order valence-electron chi connectivity index (χ2n) is 3.95. The molecule has 0 aromatic heterocycles. The van der Waals surface area contributed by atoms with Crippen molar-refractivity contribution in [2.24, 2.45) is 5.73 Å². The van der Waals surface area contributed by atoms with E-state index in [0.717, 1.165) is 17.3 Å². The molecule has 0 bridgehead atoms. The van der Waals surface area contributed by atoms with Gasteiger partial charge in [0.05, 0.1) is 13.2 Å². The normalized spacial score (nSPS) is 12.6. The zero-order valence-corrected chi connectivity index (χ0v) is 11.8. The highest BCUT2D eigenvalue weighted by Gasteiger charge is 2.06. The van der Waals surface area contributed by atoms with Gasteiger partial charge in [-0.3, -0.25) is 0 Å². The van der Waals surface area contributed by atoms with Gasteiger partial charge in [0.2, 0.25) is 0 Å². The van der Waals surface area contributed by atoms with E-state index in [-0.39, 0.29) is 6.04 Å². The molecule has 17 heavy (non-hydrogen) atoms. The maximum Gasteiger partial charge on any atom is 0.0700 e. The van der Waals surface area contributed by atoms with Crippen LogP contribution < -0.4 is 5.73 Å². The molecule has 4 heteroatoms. The Morgan fingerprint density at radius 1 is 1.24 bits per heavy atom. The van der Waals surface area contributed by atoms with Crippen molar-refractivity contribution in [3.8, 4) is 0 Å². The third-order valence-corrected chi connectivity index (χ3v) is 3.28. The number of nitrogens with two attached hydrogens (primary N) is 1. The Kier molecular flexibility index (Phi) is 7.44. The van der Waals surface area contributed by atoms with Crippen LogP contribution in [0.1, 0.15) is 12.0 Å². The molecule has 3 nitrogen and oxygen atoms in total. The van der Waals surface area contributed by atoms with Crippen LogP contribution in [0.4, 0.5) is 0 Å². The predicted octanol–water partition coefficient (Wildman–Crippen LogP) is 2.37. The summed E-state index contributed by atoms with van der Waals surface area (Å²) in [5.74, 6) is 0. The lowest BCUT2D eigenvalue weighted by Gasteiger charge is -2.13. The molecule has 1 atom stereocenters. The first kappa shape index (κ1) is 14.6. The Labute approximate surface area is 111 Å². The number of methoxy groups -OCH3 is 1. The van der Waals surface area contributed by atoms with Crippen LogP contribution in [0.3, 0.4) is 0 Å². The Morgan fingerprint density at radius 2 is 2.00 bits per heavy atom. The lowest BCUT2D eigenvalue weighted by atomic mass is 10.0. The zero-order chi connectivity index (χ0) is 12.5. The quantitative estimate of drug-likeness (QED) is 0.750. The highest BCUT2D eigenvalue weighted by molar-refractivity contribution is 9.10. The summed E-state index contributed by atoms with van der Waals surface area (Å²) in [6.45, 7) is 1.96. The van der Waals surface area contributed by atoms with Gasteiger partial charge >= 0.3 is 0 Å². The van der Waals surface area contributed by atoms with Gasteiger partial charge in [-0.25, -0.2) is 0 Å². The molecule has 1 unspecified atom stereocenters. The summed E-state index contributed by atoms with van der Waals surface area (Å²) < 4.78 is 11.4. The van der Waals surface area contributed by atoms with Crippen LogP contribution in [0.5, 0.6) is 0 Å². The minimum atomic E-state index is 0.135. The fourth-order valence-corrected chi connectivity index (χ4v) is 1.97. The molecule has 0 saturated heterocycles. The molecule has 0 aliphatic heterocycles. The molecule has 0 spiro atoms. The molecule has 2 N–H and O–H groups in total. The summed E-state index contributed by atoms with van der Waals surface area (Å²) >= 11 is 3.52. The van der Waals surface area contributed by atoms with E-state index in [2.05, 4.69) is 22.0 Å². The fourth-order valence-electron chi connectivity index (χ4n) is 1.53. The highest BCUT2D eigenvalue weighted by Crippen LogP contribution is 2.17. The van der Waals surface area contributed by atoms with Gasteiger partial charge in [-0.2, -0.15) is 0 Å². The summed E-state index contributed by atoms with van der Waals surface area (Å²) in [5, 5.41) is 0. The van der Waals surface area contributed by atoms with Gasteiger partial charge in [0.15, 0.2) is 0 Å². The first-order valence-electron chi connectivity index (χ1n) is 5.79. The lowest BCUT2D eigenvalue weighted by Crippen LogP contribution is -2.25. The number of hydrogen-bond donors (Lipinski definition) is 1. The zero-order valence-electron chi connectivity index (χ0n) is 10.2. The molecule has 0 aliphatic carbocycles. The summed E-state index contributed by atoms with van der Waals surface area (Å²) in [6, 6.07) is 8.30. The van der Waals surface area contributed by atoms with Crippen molar-refractivity contribution in [3.63, 3.8) is 0 Å². The summed E-state index contributed by atoms with van der Waals surface area (Å²) in [6.07, 6.45) is 1.74. The third-order valence-electron chi connectivity index (χ3n) is 2.50. The van der Waals surface area contributed by atoms with Crippen LogP contribution in [0.2, 0.25) is 0 Å². The van der Waals surface area contributed by atoms with Gasteiger partial charge in [0, 0.05) is 24.2 Å². The second kappa shape index (κ2) is 8.64. The molecule has 1 aromatic rings. The SMILES string of the molecule is COCCOCCC(N)Cc1ccccc1Br. The summed E-state index contributed by atoms with van der Waals surface area (Å²) in [7, 11) is 1.67. The van der Waals surface area contributed by atoms with Crippen molar-refractivity contribution in [1.29, 1.82) is 0 Å². The number of ether oxygens (including phenoxy) is 2. The summed E-state index contributed by atoms with van der Waals surface area (Å²) in [4.78, 5) is 0. The topological polar surface area (TPSA) is 44.5 Å². The van der Waals surface area contributed by atoms with Crippen molar-refractivity contribution in [3.05, 3.63) is 34.3 Å². The first-order valence-corrected chi connectivity index (χ1v) is 6.59. The molecule has 0 heterocycles. The maximum absolute atomic E-state index is 6.06. The second-order valence-corrected chi connectivity index (χ2v) is 4.80. The van der Waals surface area contributed by atoms with E-state index < -0.39 is 0 Å². The minimum Gasteiger partial charge on any atom is -0.382 e. The molecule has 1 rings (SSSR count). The standard InChI is InChI=1S/C13H20BrNO2/c1-16-8-9-17-7-6-12(15)10-11-4-2-3-5-13(11)14/h2-5,12H,6-10,15H2,1H3. The number of rotatable bonds is 8. The summed E-state index contributed by atoms with van der Waals surface area (Å²) in [5.41, 5.74) is 7.30. The Balaban J connectivity index is 2.21. The Hall–Kier alpha value is -0.420. The van der Waals surface area contributed by atoms with Gasteiger partial charge in [0.25, 0.3) is 0 Å². The van der Waals surface area contributed by atoms with Crippen molar-refractivity contribution in [2.45, 2.75) is 18.9 Å². The van der Waals surface area contributed by atoms with Crippen LogP contribution in [0.25, 0.3) is 0 Å². The van der Waals surface area contributed by atoms with Crippen molar-refractivity contribution in [2.75, 3.05) is 26.9 Å². The van der Waals surface area contributed by atoms with E-state index in [0.29, 0.717) is 19.8 Å². The largest absolute Gasteiger partial charge is 0.382 e. The molecule has 0 fully saturated rings. The van der Waals surface area contributed by atoms with Gasteiger partial charge in [-0.1, -0.05) is 34.1 Å². The van der Waals surface area contributed by atoms with E-state index in [1.807, 2.05) is 18.2 Å². The Bertz CT molecular complexity index is 320.